The highest BCUT2D eigenvalue weighted by atomic mass is 32.2. The molecule has 25 heavy (non-hydrogen) atoms. The monoisotopic (exact) mass is 380 g/mol. The third-order valence-electron chi connectivity index (χ3n) is 3.35. The maximum Gasteiger partial charge on any atom is 0.242 e. The van der Waals surface area contributed by atoms with Gasteiger partial charge in [-0.2, -0.15) is 0 Å². The van der Waals surface area contributed by atoms with E-state index in [2.05, 4.69) is 15.3 Å². The minimum Gasteiger partial charge on any atom is -0.325 e. The number of aryl methyl sites for hydroxylation is 1. The van der Waals surface area contributed by atoms with E-state index >= 15 is 0 Å². The standard InChI is InChI=1S/C16H20N4O3S2/c1-11-9-15(18-10-17-11)24-12(2)16(21)19-13-5-7-14(8-6-13)25(22,23)20(3)4/h5-10,12H,1-4H3,(H,19,21)/t12-/m0/s1. The summed E-state index contributed by atoms with van der Waals surface area (Å²) in [7, 11) is -0.539. The highest BCUT2D eigenvalue weighted by Gasteiger charge is 2.18. The van der Waals surface area contributed by atoms with Crippen molar-refractivity contribution in [3.63, 3.8) is 0 Å². The van der Waals surface area contributed by atoms with Crippen molar-refractivity contribution in [3.8, 4) is 0 Å². The van der Waals surface area contributed by atoms with Gasteiger partial charge in [0.25, 0.3) is 0 Å². The molecule has 0 saturated heterocycles. The molecule has 9 heteroatoms. The molecule has 1 aromatic heterocycles. The number of hydrogen-bond acceptors (Lipinski definition) is 6. The zero-order valence-corrected chi connectivity index (χ0v) is 16.1. The van der Waals surface area contributed by atoms with Crippen LogP contribution in [0.2, 0.25) is 0 Å². The summed E-state index contributed by atoms with van der Waals surface area (Å²) in [5.41, 5.74) is 1.37. The van der Waals surface area contributed by atoms with E-state index in [9.17, 15) is 13.2 Å². The number of carbonyl (C=O) groups is 1. The predicted octanol–water partition coefficient (Wildman–Crippen LogP) is 2.15. The Hall–Kier alpha value is -1.97. The average Bonchev–Trinajstić information content (AvgIpc) is 2.55. The normalized spacial score (nSPS) is 12.8. The summed E-state index contributed by atoms with van der Waals surface area (Å²) < 4.78 is 25.2. The van der Waals surface area contributed by atoms with E-state index in [1.807, 2.05) is 13.0 Å². The van der Waals surface area contributed by atoms with Gasteiger partial charge >= 0.3 is 0 Å². The van der Waals surface area contributed by atoms with E-state index in [0.29, 0.717) is 5.69 Å². The Morgan fingerprint density at radius 3 is 2.40 bits per heavy atom. The Balaban J connectivity index is 2.03. The summed E-state index contributed by atoms with van der Waals surface area (Å²) in [6.45, 7) is 3.64. The molecule has 0 spiro atoms. The lowest BCUT2D eigenvalue weighted by Gasteiger charge is -2.13. The topological polar surface area (TPSA) is 92.3 Å². The molecule has 1 amide bonds. The Morgan fingerprint density at radius 1 is 1.20 bits per heavy atom. The van der Waals surface area contributed by atoms with Gasteiger partial charge in [0, 0.05) is 25.5 Å². The number of anilines is 1. The fourth-order valence-electron chi connectivity index (χ4n) is 1.89. The summed E-state index contributed by atoms with van der Waals surface area (Å²) in [6, 6.07) is 7.89. The van der Waals surface area contributed by atoms with Crippen LogP contribution < -0.4 is 5.32 Å². The largest absolute Gasteiger partial charge is 0.325 e. The van der Waals surface area contributed by atoms with Crippen molar-refractivity contribution < 1.29 is 13.2 Å². The molecule has 134 valence electrons. The lowest BCUT2D eigenvalue weighted by Crippen LogP contribution is -2.23. The van der Waals surface area contributed by atoms with Gasteiger partial charge in [-0.15, -0.1) is 0 Å². The summed E-state index contributed by atoms with van der Waals surface area (Å²) in [5.74, 6) is -0.190. The molecule has 0 aliphatic carbocycles. The molecule has 0 aliphatic heterocycles. The first kappa shape index (κ1) is 19.4. The Labute approximate surface area is 151 Å². The van der Waals surface area contributed by atoms with Crippen molar-refractivity contribution in [1.29, 1.82) is 0 Å². The Bertz CT molecular complexity index is 852. The molecular formula is C16H20N4O3S2. The van der Waals surface area contributed by atoms with E-state index in [-0.39, 0.29) is 16.1 Å². The predicted molar refractivity (Wildman–Crippen MR) is 98.0 cm³/mol. The summed E-state index contributed by atoms with van der Waals surface area (Å²) in [6.07, 6.45) is 1.46. The zero-order valence-electron chi connectivity index (χ0n) is 14.4. The van der Waals surface area contributed by atoms with Gasteiger partial charge in [0.05, 0.1) is 10.1 Å². The van der Waals surface area contributed by atoms with Crippen LogP contribution in [0.3, 0.4) is 0 Å². The van der Waals surface area contributed by atoms with Gasteiger partial charge in [0.2, 0.25) is 15.9 Å². The van der Waals surface area contributed by atoms with Crippen LogP contribution in [0.15, 0.2) is 46.6 Å². The van der Waals surface area contributed by atoms with E-state index < -0.39 is 10.0 Å². The average molecular weight is 380 g/mol. The van der Waals surface area contributed by atoms with Crippen molar-refractivity contribution in [3.05, 3.63) is 42.4 Å². The van der Waals surface area contributed by atoms with E-state index in [1.54, 1.807) is 19.1 Å². The summed E-state index contributed by atoms with van der Waals surface area (Å²) >= 11 is 1.33. The quantitative estimate of drug-likeness (QED) is 0.610. The van der Waals surface area contributed by atoms with Gasteiger partial charge in [-0.3, -0.25) is 4.79 Å². The number of amides is 1. The van der Waals surface area contributed by atoms with Crippen molar-refractivity contribution in [2.75, 3.05) is 19.4 Å². The highest BCUT2D eigenvalue weighted by molar-refractivity contribution is 8.00. The van der Waals surface area contributed by atoms with Crippen molar-refractivity contribution in [1.82, 2.24) is 14.3 Å². The number of aromatic nitrogens is 2. The molecule has 0 fully saturated rings. The second-order valence-corrected chi connectivity index (χ2v) is 9.07. The lowest BCUT2D eigenvalue weighted by molar-refractivity contribution is -0.115. The Morgan fingerprint density at radius 2 is 1.84 bits per heavy atom. The number of rotatable bonds is 6. The molecule has 1 aromatic carbocycles. The first-order chi connectivity index (χ1) is 11.7. The first-order valence-electron chi connectivity index (χ1n) is 7.49. The van der Waals surface area contributed by atoms with Crippen LogP contribution in [-0.2, 0) is 14.8 Å². The van der Waals surface area contributed by atoms with Gasteiger partial charge in [-0.1, -0.05) is 11.8 Å². The molecule has 0 aliphatic rings. The van der Waals surface area contributed by atoms with E-state index in [4.69, 9.17) is 0 Å². The van der Waals surface area contributed by atoms with Gasteiger partial charge in [0.1, 0.15) is 11.4 Å². The van der Waals surface area contributed by atoms with Gasteiger partial charge in [-0.25, -0.2) is 22.7 Å². The minimum atomic E-state index is -3.48. The van der Waals surface area contributed by atoms with Crippen LogP contribution in [0.4, 0.5) is 5.69 Å². The molecule has 1 heterocycles. The van der Waals surface area contributed by atoms with Gasteiger partial charge in [-0.05, 0) is 44.2 Å². The first-order valence-corrected chi connectivity index (χ1v) is 9.81. The number of thioether (sulfide) groups is 1. The highest BCUT2D eigenvalue weighted by Crippen LogP contribution is 2.23. The van der Waals surface area contributed by atoms with Crippen LogP contribution in [-0.4, -0.2) is 47.9 Å². The smallest absolute Gasteiger partial charge is 0.242 e. The number of hydrogen-bond donors (Lipinski definition) is 1. The number of nitrogens with one attached hydrogen (secondary N) is 1. The molecule has 7 nitrogen and oxygen atoms in total. The molecule has 0 bridgehead atoms. The molecule has 0 radical (unpaired) electrons. The molecule has 0 unspecified atom stereocenters. The number of sulfonamides is 1. The molecule has 0 saturated carbocycles. The fraction of sp³-hybridized carbons (Fsp3) is 0.312. The molecule has 1 atom stereocenters. The third-order valence-corrected chi connectivity index (χ3v) is 6.21. The van der Waals surface area contributed by atoms with E-state index in [0.717, 1.165) is 15.0 Å². The molecular weight excluding hydrogens is 360 g/mol. The number of benzene rings is 1. The summed E-state index contributed by atoms with van der Waals surface area (Å²) in [4.78, 5) is 20.6. The molecule has 2 rings (SSSR count). The molecule has 1 N–H and O–H groups in total. The van der Waals surface area contributed by atoms with Crippen LogP contribution in [0.5, 0.6) is 0 Å². The Kier molecular flexibility index (Phi) is 6.15. The maximum atomic E-state index is 12.3. The minimum absolute atomic E-state index is 0.175. The summed E-state index contributed by atoms with van der Waals surface area (Å²) in [5, 5.41) is 3.14. The number of carbonyl (C=O) groups excluding carboxylic acids is 1. The van der Waals surface area contributed by atoms with Crippen molar-refractivity contribution in [2.24, 2.45) is 0 Å². The van der Waals surface area contributed by atoms with Crippen LogP contribution in [0.25, 0.3) is 0 Å². The third kappa shape index (κ3) is 5.00. The zero-order chi connectivity index (χ0) is 18.6. The van der Waals surface area contributed by atoms with Crippen molar-refractivity contribution in [2.45, 2.75) is 29.0 Å². The second-order valence-electron chi connectivity index (χ2n) is 5.56. The lowest BCUT2D eigenvalue weighted by atomic mass is 10.3. The SMILES string of the molecule is Cc1cc(S[C@@H](C)C(=O)Nc2ccc(S(=O)(=O)N(C)C)cc2)ncn1. The van der Waals surface area contributed by atoms with Crippen LogP contribution in [0.1, 0.15) is 12.6 Å². The van der Waals surface area contributed by atoms with Gasteiger partial charge in [0.15, 0.2) is 0 Å². The number of nitrogens with zero attached hydrogens (tertiary/aromatic N) is 3. The van der Waals surface area contributed by atoms with Crippen LogP contribution in [0, 0.1) is 6.92 Å². The maximum absolute atomic E-state index is 12.3. The van der Waals surface area contributed by atoms with Crippen molar-refractivity contribution >= 4 is 33.4 Å². The van der Waals surface area contributed by atoms with Gasteiger partial charge < -0.3 is 5.32 Å². The second kappa shape index (κ2) is 7.94. The van der Waals surface area contributed by atoms with Crippen LogP contribution >= 0.6 is 11.8 Å². The fourth-order valence-corrected chi connectivity index (χ4v) is 3.67. The molecule has 2 aromatic rings. The van der Waals surface area contributed by atoms with E-state index in [1.165, 1.54) is 44.3 Å².